The number of rotatable bonds is 19. The summed E-state index contributed by atoms with van der Waals surface area (Å²) in [6, 6.07) is -1.13. The Bertz CT molecular complexity index is 591. The van der Waals surface area contributed by atoms with Crippen molar-refractivity contribution in [3.05, 3.63) is 0 Å². The van der Waals surface area contributed by atoms with Gasteiger partial charge in [0.15, 0.2) is 6.29 Å². The molecular weight excluding hydrogens is 414 g/mol. The monoisotopic (exact) mass is 467 g/mol. The van der Waals surface area contributed by atoms with Crippen molar-refractivity contribution in [2.24, 2.45) is 5.73 Å². The van der Waals surface area contributed by atoms with Crippen molar-refractivity contribution in [2.75, 3.05) is 13.2 Å². The van der Waals surface area contributed by atoms with Crippen LogP contribution in [0, 0.1) is 0 Å². The highest BCUT2D eigenvalue weighted by Gasteiger charge is 2.44. The van der Waals surface area contributed by atoms with Crippen LogP contribution in [0.15, 0.2) is 0 Å². The molecule has 32 heavy (non-hydrogen) atoms. The Morgan fingerprint density at radius 3 is 2.00 bits per heavy atom. The molecular formula is C24H49NO7. The lowest BCUT2D eigenvalue weighted by Crippen LogP contribution is -2.59. The molecule has 8 nitrogen and oxygen atoms in total. The molecule has 1 heterocycles. The van der Waals surface area contributed by atoms with Crippen molar-refractivity contribution < 1.29 is 40.5 Å². The molecule has 1 aliphatic rings. The number of hydrogen-bond acceptors (Lipinski definition) is 8. The van der Waals surface area contributed by atoms with Gasteiger partial charge in [-0.1, -0.05) is 90.4 Å². The minimum Gasteiger partial charge on any atom is -0.394 e. The summed E-state index contributed by atoms with van der Waals surface area (Å²) >= 11 is 0. The second-order valence-corrected chi connectivity index (χ2v) is 8.63. The van der Waals surface area contributed by atoms with E-state index in [0.29, 0.717) is 6.42 Å². The zero-order chi connectivity index (χ0) is 27.4. The first kappa shape index (κ1) is 23.4. The molecule has 0 bridgehead atoms. The lowest BCUT2D eigenvalue weighted by molar-refractivity contribution is -0.302. The molecule has 2 unspecified atom stereocenters. The highest BCUT2D eigenvalue weighted by molar-refractivity contribution is 4.89. The molecule has 0 saturated carbocycles. The third-order valence-corrected chi connectivity index (χ3v) is 5.77. The van der Waals surface area contributed by atoms with E-state index >= 15 is 0 Å². The van der Waals surface area contributed by atoms with Gasteiger partial charge in [0, 0.05) is 2.74 Å². The zero-order valence-corrected chi connectivity index (χ0v) is 19.6. The third kappa shape index (κ3) is 11.7. The average Bonchev–Trinajstić information content (AvgIpc) is 2.84. The summed E-state index contributed by atoms with van der Waals surface area (Å²) in [6.07, 6.45) is -1.67. The quantitative estimate of drug-likeness (QED) is 0.158. The van der Waals surface area contributed by atoms with Crippen molar-refractivity contribution in [3.63, 3.8) is 0 Å². The van der Waals surface area contributed by atoms with Crippen LogP contribution < -0.4 is 5.73 Å². The molecule has 0 radical (unpaired) electrons. The van der Waals surface area contributed by atoms with Crippen LogP contribution in [-0.2, 0) is 9.47 Å². The van der Waals surface area contributed by atoms with Crippen molar-refractivity contribution in [1.82, 2.24) is 0 Å². The molecule has 1 fully saturated rings. The van der Waals surface area contributed by atoms with Crippen LogP contribution in [0.4, 0.5) is 0 Å². The number of ether oxygens (including phenoxy) is 2. The van der Waals surface area contributed by atoms with Gasteiger partial charge in [-0.05, 0) is 6.40 Å². The Labute approximate surface area is 199 Å². The van der Waals surface area contributed by atoms with Crippen LogP contribution in [0.2, 0.25) is 0 Å². The highest BCUT2D eigenvalue weighted by Crippen LogP contribution is 2.22. The minimum absolute atomic E-state index is 0.450. The Hall–Kier alpha value is -0.320. The topological polar surface area (TPSA) is 146 Å². The van der Waals surface area contributed by atoms with Gasteiger partial charge in [0.05, 0.1) is 28.1 Å². The summed E-state index contributed by atoms with van der Waals surface area (Å²) in [4.78, 5) is 0. The van der Waals surface area contributed by atoms with Crippen molar-refractivity contribution >= 4 is 0 Å². The largest absolute Gasteiger partial charge is 0.394 e. The van der Waals surface area contributed by atoms with Crippen LogP contribution in [-0.4, -0.2) is 81.6 Å². The smallest absolute Gasteiger partial charge is 0.186 e. The fourth-order valence-corrected chi connectivity index (χ4v) is 3.62. The molecule has 0 amide bonds. The summed E-state index contributed by atoms with van der Waals surface area (Å²) in [5.41, 5.74) is 5.91. The molecule has 7 N–H and O–H groups in total. The molecule has 0 aromatic rings. The van der Waals surface area contributed by atoms with Gasteiger partial charge in [-0.25, -0.2) is 0 Å². The summed E-state index contributed by atoms with van der Waals surface area (Å²) in [7, 11) is 0. The summed E-state index contributed by atoms with van der Waals surface area (Å²) in [6.45, 7) is 0.843. The SMILES string of the molecule is [2H]C(CCCCCCCCCCCCC)C([2H])[C@@H](O)[C@@H](N)CO[C@@H]1O[C@H](CO)[C@]([2H])(O)[C@]([2H])(O)[C@H]1O. The molecule has 0 aromatic heterocycles. The van der Waals surface area contributed by atoms with Crippen LogP contribution in [0.1, 0.15) is 102 Å². The van der Waals surface area contributed by atoms with Gasteiger partial charge in [0.1, 0.15) is 24.4 Å². The maximum absolute atomic E-state index is 10.4. The number of aliphatic hydroxyl groups is 5. The molecule has 192 valence electrons. The van der Waals surface area contributed by atoms with Crippen molar-refractivity contribution in [3.8, 4) is 0 Å². The maximum Gasteiger partial charge on any atom is 0.186 e. The number of aliphatic hydroxyl groups excluding tert-OH is 3. The van der Waals surface area contributed by atoms with Gasteiger partial charge in [-0.3, -0.25) is 0 Å². The van der Waals surface area contributed by atoms with E-state index in [4.69, 9.17) is 20.7 Å². The molecule has 1 rings (SSSR count). The van der Waals surface area contributed by atoms with E-state index in [2.05, 4.69) is 6.92 Å². The zero-order valence-electron chi connectivity index (χ0n) is 23.6. The van der Waals surface area contributed by atoms with Crippen LogP contribution in [0.3, 0.4) is 0 Å². The first-order chi connectivity index (χ1) is 16.9. The van der Waals surface area contributed by atoms with E-state index < -0.39 is 68.8 Å². The Morgan fingerprint density at radius 2 is 1.47 bits per heavy atom. The van der Waals surface area contributed by atoms with E-state index in [1.54, 1.807) is 0 Å². The maximum atomic E-state index is 10.4. The fraction of sp³-hybridized carbons (Fsp3) is 1.00. The van der Waals surface area contributed by atoms with Gasteiger partial charge in [0.25, 0.3) is 0 Å². The van der Waals surface area contributed by atoms with E-state index in [1.165, 1.54) is 51.4 Å². The van der Waals surface area contributed by atoms with E-state index in [9.17, 15) is 25.5 Å². The second kappa shape index (κ2) is 18.1. The Kier molecular flexibility index (Phi) is 13.2. The van der Waals surface area contributed by atoms with Gasteiger partial charge in [-0.2, -0.15) is 0 Å². The molecule has 1 aliphatic heterocycles. The molecule has 0 spiro atoms. The lowest BCUT2D eigenvalue weighted by atomic mass is 9.99. The number of hydrogen-bond donors (Lipinski definition) is 6. The Morgan fingerprint density at radius 1 is 0.938 bits per heavy atom. The van der Waals surface area contributed by atoms with E-state index in [-0.39, 0.29) is 0 Å². The van der Waals surface area contributed by atoms with Crippen LogP contribution in [0.5, 0.6) is 0 Å². The molecule has 8 heteroatoms. The summed E-state index contributed by atoms with van der Waals surface area (Å²) < 4.78 is 42.1. The molecule has 9 atom stereocenters. The molecule has 0 aromatic carbocycles. The number of unbranched alkanes of at least 4 members (excludes halogenated alkanes) is 10. The predicted octanol–water partition coefficient (Wildman–Crippen LogP) is 1.97. The summed E-state index contributed by atoms with van der Waals surface area (Å²) in [5, 5.41) is 49.8. The first-order valence-electron chi connectivity index (χ1n) is 14.4. The van der Waals surface area contributed by atoms with Crippen LogP contribution in [0.25, 0.3) is 0 Å². The van der Waals surface area contributed by atoms with Crippen LogP contribution >= 0.6 is 0 Å². The Balaban J connectivity index is 2.32. The second-order valence-electron chi connectivity index (χ2n) is 8.63. The highest BCUT2D eigenvalue weighted by atomic mass is 16.7. The van der Waals surface area contributed by atoms with Crippen molar-refractivity contribution in [1.29, 1.82) is 0 Å². The predicted molar refractivity (Wildman–Crippen MR) is 124 cm³/mol. The standard InChI is InChI=1S/C24H49NO7/c1-2-3-4-5-6-7-8-9-10-11-12-13-14-15-19(27)18(25)17-31-24-23(30)22(29)21(28)20(16-26)32-24/h18-24,26-30H,2-17,25H2,1H3/t18-,19+,20+,21-,22-,23+,24+/m0/s1/i14D,15D,21D,22D/t14?,15?,18-,19+,20+,21-,22-,23+,24+. The van der Waals surface area contributed by atoms with Gasteiger partial charge in [-0.15, -0.1) is 0 Å². The fourth-order valence-electron chi connectivity index (χ4n) is 3.62. The average molecular weight is 468 g/mol. The lowest BCUT2D eigenvalue weighted by Gasteiger charge is -2.40. The van der Waals surface area contributed by atoms with E-state index in [0.717, 1.165) is 19.3 Å². The van der Waals surface area contributed by atoms with E-state index in [1.807, 2.05) is 0 Å². The minimum atomic E-state index is -3.12. The normalized spacial score (nSPS) is 36.4. The third-order valence-electron chi connectivity index (χ3n) is 5.77. The number of nitrogens with two attached hydrogens (primary N) is 1. The van der Waals surface area contributed by atoms with Gasteiger partial charge in [0.2, 0.25) is 0 Å². The van der Waals surface area contributed by atoms with Crippen molar-refractivity contribution in [2.45, 2.75) is 140 Å². The first-order valence-corrected chi connectivity index (χ1v) is 12.2. The summed E-state index contributed by atoms with van der Waals surface area (Å²) in [5.74, 6) is 0. The molecule has 1 saturated heterocycles. The van der Waals surface area contributed by atoms with Gasteiger partial charge < -0.3 is 40.7 Å². The van der Waals surface area contributed by atoms with Gasteiger partial charge >= 0.3 is 0 Å². The molecule has 0 aliphatic carbocycles.